The minimum absolute atomic E-state index is 0.00342. The number of Topliss-reactive ketones (excluding diaryl/α,β-unsaturated/α-hetero) is 1. The first-order chi connectivity index (χ1) is 12.6. The minimum atomic E-state index is -0.423. The first kappa shape index (κ1) is 17.6. The fourth-order valence-electron chi connectivity index (χ4n) is 2.82. The molecule has 0 aromatic heterocycles. The van der Waals surface area contributed by atoms with Crippen LogP contribution in [0.3, 0.4) is 0 Å². The SMILES string of the molecule is Cc1ccc(C)c(OC(=O)c2ccccc2)c1CC(=O)c1ccccc1. The Morgan fingerprint density at radius 2 is 1.27 bits per heavy atom. The van der Waals surface area contributed by atoms with E-state index in [0.717, 1.165) is 16.7 Å². The van der Waals surface area contributed by atoms with Crippen molar-refractivity contribution >= 4 is 11.8 Å². The first-order valence-electron chi connectivity index (χ1n) is 8.51. The molecule has 0 saturated heterocycles. The third kappa shape index (κ3) is 3.89. The Hall–Kier alpha value is -3.20. The summed E-state index contributed by atoms with van der Waals surface area (Å²) in [4.78, 5) is 25.1. The van der Waals surface area contributed by atoms with Gasteiger partial charge in [0.2, 0.25) is 0 Å². The van der Waals surface area contributed by atoms with Crippen molar-refractivity contribution in [2.24, 2.45) is 0 Å². The summed E-state index contributed by atoms with van der Waals surface area (Å²) in [7, 11) is 0. The molecule has 0 amide bonds. The second kappa shape index (κ2) is 7.79. The van der Waals surface area contributed by atoms with Gasteiger partial charge in [0, 0.05) is 17.5 Å². The second-order valence-electron chi connectivity index (χ2n) is 6.23. The van der Waals surface area contributed by atoms with E-state index < -0.39 is 5.97 Å². The fourth-order valence-corrected chi connectivity index (χ4v) is 2.82. The number of carbonyl (C=O) groups is 2. The number of carbonyl (C=O) groups excluding carboxylic acids is 2. The van der Waals surface area contributed by atoms with Gasteiger partial charge in [0.05, 0.1) is 5.56 Å². The summed E-state index contributed by atoms with van der Waals surface area (Å²) in [5.41, 5.74) is 3.64. The molecule has 0 bridgehead atoms. The molecule has 3 nitrogen and oxygen atoms in total. The van der Waals surface area contributed by atoms with Crippen molar-refractivity contribution in [3.8, 4) is 5.75 Å². The molecule has 3 rings (SSSR count). The molecular weight excluding hydrogens is 324 g/mol. The Labute approximate surface area is 153 Å². The molecule has 0 aliphatic rings. The second-order valence-corrected chi connectivity index (χ2v) is 6.23. The average molecular weight is 344 g/mol. The third-order valence-corrected chi connectivity index (χ3v) is 4.33. The van der Waals surface area contributed by atoms with E-state index in [1.807, 2.05) is 50.2 Å². The topological polar surface area (TPSA) is 43.4 Å². The predicted molar refractivity (Wildman–Crippen MR) is 102 cm³/mol. The van der Waals surface area contributed by atoms with Crippen LogP contribution in [0.5, 0.6) is 5.75 Å². The van der Waals surface area contributed by atoms with Gasteiger partial charge >= 0.3 is 5.97 Å². The standard InChI is InChI=1S/C23H20O3/c1-16-13-14-17(2)22(26-23(25)19-11-7-4-8-12-19)20(16)15-21(24)18-9-5-3-6-10-18/h3-14H,15H2,1-2H3. The molecule has 26 heavy (non-hydrogen) atoms. The lowest BCUT2D eigenvalue weighted by molar-refractivity contribution is 0.0730. The summed E-state index contributed by atoms with van der Waals surface area (Å²) >= 11 is 0. The number of esters is 1. The predicted octanol–water partition coefficient (Wildman–Crippen LogP) is 4.95. The van der Waals surface area contributed by atoms with Gasteiger partial charge in [-0.3, -0.25) is 4.79 Å². The van der Waals surface area contributed by atoms with Gasteiger partial charge in [-0.25, -0.2) is 4.79 Å². The molecule has 0 unspecified atom stereocenters. The van der Waals surface area contributed by atoms with Crippen molar-refractivity contribution in [2.75, 3.05) is 0 Å². The van der Waals surface area contributed by atoms with Crippen molar-refractivity contribution in [3.63, 3.8) is 0 Å². The summed E-state index contributed by atoms with van der Waals surface area (Å²) in [5.74, 6) is 0.0483. The van der Waals surface area contributed by atoms with E-state index in [4.69, 9.17) is 4.74 Å². The quantitative estimate of drug-likeness (QED) is 0.374. The van der Waals surface area contributed by atoms with E-state index in [1.54, 1.807) is 36.4 Å². The maximum atomic E-state index is 12.6. The fraction of sp³-hybridized carbons (Fsp3) is 0.130. The molecule has 0 atom stereocenters. The van der Waals surface area contributed by atoms with Gasteiger partial charge in [-0.2, -0.15) is 0 Å². The van der Waals surface area contributed by atoms with Crippen LogP contribution in [0.25, 0.3) is 0 Å². The van der Waals surface area contributed by atoms with Crippen LogP contribution in [0.4, 0.5) is 0 Å². The van der Waals surface area contributed by atoms with Crippen LogP contribution in [-0.4, -0.2) is 11.8 Å². The lowest BCUT2D eigenvalue weighted by Crippen LogP contribution is -2.13. The normalized spacial score (nSPS) is 10.4. The molecule has 3 aromatic rings. The Kier molecular flexibility index (Phi) is 5.28. The molecule has 3 aromatic carbocycles. The van der Waals surface area contributed by atoms with Gasteiger partial charge in [0.15, 0.2) is 5.78 Å². The molecule has 130 valence electrons. The maximum Gasteiger partial charge on any atom is 0.343 e. The van der Waals surface area contributed by atoms with Crippen molar-refractivity contribution in [2.45, 2.75) is 20.3 Å². The van der Waals surface area contributed by atoms with E-state index in [-0.39, 0.29) is 12.2 Å². The van der Waals surface area contributed by atoms with Gasteiger partial charge in [-0.1, -0.05) is 60.7 Å². The van der Waals surface area contributed by atoms with E-state index in [9.17, 15) is 9.59 Å². The van der Waals surface area contributed by atoms with E-state index in [2.05, 4.69) is 0 Å². The highest BCUT2D eigenvalue weighted by molar-refractivity contribution is 5.98. The lowest BCUT2D eigenvalue weighted by Gasteiger charge is -2.15. The zero-order valence-corrected chi connectivity index (χ0v) is 14.9. The van der Waals surface area contributed by atoms with Crippen LogP contribution < -0.4 is 4.74 Å². The molecule has 0 radical (unpaired) electrons. The number of benzene rings is 3. The molecule has 0 aliphatic carbocycles. The Balaban J connectivity index is 1.92. The minimum Gasteiger partial charge on any atom is -0.422 e. The number of ether oxygens (including phenoxy) is 1. The number of hydrogen-bond donors (Lipinski definition) is 0. The lowest BCUT2D eigenvalue weighted by atomic mass is 9.96. The number of aryl methyl sites for hydroxylation is 2. The van der Waals surface area contributed by atoms with E-state index >= 15 is 0 Å². The smallest absolute Gasteiger partial charge is 0.343 e. The highest BCUT2D eigenvalue weighted by atomic mass is 16.5. The number of hydrogen-bond acceptors (Lipinski definition) is 3. The van der Waals surface area contributed by atoms with E-state index in [1.165, 1.54) is 0 Å². The largest absolute Gasteiger partial charge is 0.422 e. The molecule has 0 fully saturated rings. The van der Waals surface area contributed by atoms with Crippen molar-refractivity contribution in [1.29, 1.82) is 0 Å². The van der Waals surface area contributed by atoms with Crippen LogP contribution in [0.2, 0.25) is 0 Å². The summed E-state index contributed by atoms with van der Waals surface area (Å²) in [6.45, 7) is 3.80. The molecule has 0 spiro atoms. The van der Waals surface area contributed by atoms with Gasteiger partial charge in [0.25, 0.3) is 0 Å². The monoisotopic (exact) mass is 344 g/mol. The summed E-state index contributed by atoms with van der Waals surface area (Å²) in [6.07, 6.45) is 0.189. The summed E-state index contributed by atoms with van der Waals surface area (Å²) in [5, 5.41) is 0. The van der Waals surface area contributed by atoms with E-state index in [0.29, 0.717) is 16.9 Å². The number of ketones is 1. The van der Waals surface area contributed by atoms with Gasteiger partial charge in [-0.05, 0) is 37.1 Å². The Morgan fingerprint density at radius 1 is 0.731 bits per heavy atom. The Bertz CT molecular complexity index is 850. The van der Waals surface area contributed by atoms with Crippen molar-refractivity contribution in [3.05, 3.63) is 101 Å². The highest BCUT2D eigenvalue weighted by Crippen LogP contribution is 2.29. The summed E-state index contributed by atoms with van der Waals surface area (Å²) in [6, 6.07) is 21.8. The maximum absolute atomic E-state index is 12.6. The number of rotatable bonds is 5. The van der Waals surface area contributed by atoms with Gasteiger partial charge in [0.1, 0.15) is 5.75 Å². The highest BCUT2D eigenvalue weighted by Gasteiger charge is 2.18. The van der Waals surface area contributed by atoms with Crippen LogP contribution in [0.1, 0.15) is 37.4 Å². The van der Waals surface area contributed by atoms with Crippen LogP contribution in [0, 0.1) is 13.8 Å². The van der Waals surface area contributed by atoms with Crippen molar-refractivity contribution in [1.82, 2.24) is 0 Å². The molecular formula is C23H20O3. The van der Waals surface area contributed by atoms with Gasteiger partial charge in [-0.15, -0.1) is 0 Å². The molecule has 0 heterocycles. The van der Waals surface area contributed by atoms with Crippen LogP contribution >= 0.6 is 0 Å². The third-order valence-electron chi connectivity index (χ3n) is 4.33. The zero-order valence-electron chi connectivity index (χ0n) is 14.9. The van der Waals surface area contributed by atoms with Crippen LogP contribution in [-0.2, 0) is 6.42 Å². The molecule has 0 aliphatic heterocycles. The molecule has 0 saturated carbocycles. The molecule has 3 heteroatoms. The van der Waals surface area contributed by atoms with Crippen molar-refractivity contribution < 1.29 is 14.3 Å². The van der Waals surface area contributed by atoms with Crippen LogP contribution in [0.15, 0.2) is 72.8 Å². The first-order valence-corrected chi connectivity index (χ1v) is 8.51. The molecule has 0 N–H and O–H groups in total. The summed E-state index contributed by atoms with van der Waals surface area (Å²) < 4.78 is 5.69. The zero-order chi connectivity index (χ0) is 18.5. The Morgan fingerprint density at radius 3 is 1.88 bits per heavy atom. The average Bonchev–Trinajstić information content (AvgIpc) is 2.68. The van der Waals surface area contributed by atoms with Gasteiger partial charge < -0.3 is 4.74 Å².